The van der Waals surface area contributed by atoms with Gasteiger partial charge in [-0.3, -0.25) is 0 Å². The number of imidazole rings is 1. The van der Waals surface area contributed by atoms with Gasteiger partial charge in [0.2, 0.25) is 0 Å². The van der Waals surface area contributed by atoms with Crippen molar-refractivity contribution in [3.05, 3.63) is 18.7 Å². The summed E-state index contributed by atoms with van der Waals surface area (Å²) in [4.78, 5) is 3.74. The van der Waals surface area contributed by atoms with Gasteiger partial charge in [0, 0.05) is 12.4 Å². The second kappa shape index (κ2) is 3.34. The van der Waals surface area contributed by atoms with Crippen LogP contribution >= 0.6 is 0 Å². The minimum absolute atomic E-state index is 0.0764. The van der Waals surface area contributed by atoms with Crippen molar-refractivity contribution in [1.82, 2.24) is 9.55 Å². The SMILES string of the molecule is NCCC(N)n1[c]ncc1. The lowest BCUT2D eigenvalue weighted by atomic mass is 10.3. The van der Waals surface area contributed by atoms with E-state index in [1.165, 1.54) is 0 Å². The van der Waals surface area contributed by atoms with Crippen LogP contribution in [-0.2, 0) is 0 Å². The van der Waals surface area contributed by atoms with Crippen LogP contribution in [0.3, 0.4) is 0 Å². The highest BCUT2D eigenvalue weighted by Crippen LogP contribution is 1.99. The summed E-state index contributed by atoms with van der Waals surface area (Å²) in [5.74, 6) is 0. The summed E-state index contributed by atoms with van der Waals surface area (Å²) in [5, 5.41) is 0. The molecule has 0 aliphatic rings. The average molecular weight is 139 g/mol. The maximum Gasteiger partial charge on any atom is 0.177 e. The van der Waals surface area contributed by atoms with E-state index < -0.39 is 0 Å². The predicted molar refractivity (Wildman–Crippen MR) is 38.0 cm³/mol. The van der Waals surface area contributed by atoms with Crippen molar-refractivity contribution in [2.45, 2.75) is 12.6 Å². The second-order valence-electron chi connectivity index (χ2n) is 2.08. The van der Waals surface area contributed by atoms with Crippen LogP contribution in [0.2, 0.25) is 0 Å². The van der Waals surface area contributed by atoms with Crippen LogP contribution in [0.1, 0.15) is 12.6 Å². The molecule has 1 aromatic heterocycles. The second-order valence-corrected chi connectivity index (χ2v) is 2.08. The summed E-state index contributed by atoms with van der Waals surface area (Å²) in [5.41, 5.74) is 11.0. The molecule has 1 radical (unpaired) electrons. The molecule has 1 unspecified atom stereocenters. The highest BCUT2D eigenvalue weighted by atomic mass is 15.1. The standard InChI is InChI=1S/C6H11N4/c7-2-1-6(8)10-4-3-9-5-10/h3-4,6H,1-2,7-8H2. The maximum atomic E-state index is 5.66. The number of hydrogen-bond acceptors (Lipinski definition) is 3. The summed E-state index contributed by atoms with van der Waals surface area (Å²) in [6.45, 7) is 0.590. The van der Waals surface area contributed by atoms with Crippen LogP contribution in [0.5, 0.6) is 0 Å². The molecule has 0 saturated carbocycles. The van der Waals surface area contributed by atoms with Gasteiger partial charge in [0.25, 0.3) is 0 Å². The quantitative estimate of drug-likeness (QED) is 0.592. The summed E-state index contributed by atoms with van der Waals surface area (Å²) in [6.07, 6.45) is 6.82. The Balaban J connectivity index is 2.50. The van der Waals surface area contributed by atoms with Crippen LogP contribution in [0.4, 0.5) is 0 Å². The van der Waals surface area contributed by atoms with E-state index in [1.807, 2.05) is 0 Å². The zero-order valence-corrected chi connectivity index (χ0v) is 5.70. The fourth-order valence-electron chi connectivity index (χ4n) is 0.733. The van der Waals surface area contributed by atoms with Gasteiger partial charge in [-0.15, -0.1) is 0 Å². The number of aromatic nitrogens is 2. The van der Waals surface area contributed by atoms with Crippen molar-refractivity contribution < 1.29 is 0 Å². The van der Waals surface area contributed by atoms with Crippen molar-refractivity contribution in [3.8, 4) is 0 Å². The van der Waals surface area contributed by atoms with Gasteiger partial charge in [-0.2, -0.15) is 0 Å². The van der Waals surface area contributed by atoms with E-state index in [-0.39, 0.29) is 6.17 Å². The molecule has 4 heteroatoms. The molecule has 0 bridgehead atoms. The largest absolute Gasteiger partial charge is 0.330 e. The lowest BCUT2D eigenvalue weighted by Crippen LogP contribution is -2.20. The Hall–Kier alpha value is -0.870. The van der Waals surface area contributed by atoms with Gasteiger partial charge in [-0.25, -0.2) is 4.98 Å². The van der Waals surface area contributed by atoms with Gasteiger partial charge in [-0.05, 0) is 13.0 Å². The van der Waals surface area contributed by atoms with Crippen molar-refractivity contribution in [1.29, 1.82) is 0 Å². The zero-order valence-electron chi connectivity index (χ0n) is 5.70. The van der Waals surface area contributed by atoms with E-state index in [1.54, 1.807) is 17.0 Å². The molecule has 4 N–H and O–H groups in total. The van der Waals surface area contributed by atoms with Crippen LogP contribution in [0, 0.1) is 6.33 Å². The van der Waals surface area contributed by atoms with Gasteiger partial charge < -0.3 is 16.0 Å². The smallest absolute Gasteiger partial charge is 0.177 e. The predicted octanol–water partition coefficient (Wildman–Crippen LogP) is -0.511. The van der Waals surface area contributed by atoms with Gasteiger partial charge in [-0.1, -0.05) is 0 Å². The third kappa shape index (κ3) is 1.55. The average Bonchev–Trinajstić information content (AvgIpc) is 2.38. The van der Waals surface area contributed by atoms with Crippen molar-refractivity contribution >= 4 is 0 Å². The first-order valence-electron chi connectivity index (χ1n) is 3.20. The lowest BCUT2D eigenvalue weighted by Gasteiger charge is -2.09. The van der Waals surface area contributed by atoms with Gasteiger partial charge in [0.15, 0.2) is 6.33 Å². The van der Waals surface area contributed by atoms with Crippen LogP contribution in [0.25, 0.3) is 0 Å². The summed E-state index contributed by atoms with van der Waals surface area (Å²) < 4.78 is 1.72. The molecule has 0 amide bonds. The molecule has 55 valence electrons. The number of rotatable bonds is 3. The first-order valence-corrected chi connectivity index (χ1v) is 3.20. The van der Waals surface area contributed by atoms with Crippen LogP contribution < -0.4 is 11.5 Å². The van der Waals surface area contributed by atoms with E-state index in [0.29, 0.717) is 6.54 Å². The molecule has 10 heavy (non-hydrogen) atoms. The van der Waals surface area contributed by atoms with E-state index in [4.69, 9.17) is 11.5 Å². The third-order valence-corrected chi connectivity index (χ3v) is 1.29. The molecule has 0 aliphatic heterocycles. The monoisotopic (exact) mass is 139 g/mol. The fourth-order valence-corrected chi connectivity index (χ4v) is 0.733. The van der Waals surface area contributed by atoms with Gasteiger partial charge in [0.05, 0.1) is 6.17 Å². The molecule has 4 nitrogen and oxygen atoms in total. The highest BCUT2D eigenvalue weighted by molar-refractivity contribution is 4.76. The molecule has 1 atom stereocenters. The maximum absolute atomic E-state index is 5.66. The first-order chi connectivity index (χ1) is 4.84. The van der Waals surface area contributed by atoms with Crippen LogP contribution in [-0.4, -0.2) is 16.1 Å². The minimum Gasteiger partial charge on any atom is -0.330 e. The Bertz CT molecular complexity index is 170. The summed E-state index contributed by atoms with van der Waals surface area (Å²) in [7, 11) is 0. The Morgan fingerprint density at radius 1 is 1.70 bits per heavy atom. The first kappa shape index (κ1) is 7.24. The molecule has 1 rings (SSSR count). The molecule has 0 fully saturated rings. The molecular formula is C6H11N4. The van der Waals surface area contributed by atoms with E-state index in [0.717, 1.165) is 6.42 Å². The molecule has 1 aromatic rings. The molecule has 0 spiro atoms. The Morgan fingerprint density at radius 2 is 2.50 bits per heavy atom. The van der Waals surface area contributed by atoms with Crippen LogP contribution in [0.15, 0.2) is 12.4 Å². The normalized spacial score (nSPS) is 13.4. The molecule has 0 aromatic carbocycles. The number of hydrogen-bond donors (Lipinski definition) is 2. The number of nitrogens with two attached hydrogens (primary N) is 2. The Morgan fingerprint density at radius 3 is 3.00 bits per heavy atom. The zero-order chi connectivity index (χ0) is 7.40. The minimum atomic E-state index is -0.0764. The Kier molecular flexibility index (Phi) is 2.42. The molecule has 1 heterocycles. The van der Waals surface area contributed by atoms with Gasteiger partial charge in [0.1, 0.15) is 0 Å². The molecule has 0 aliphatic carbocycles. The van der Waals surface area contributed by atoms with Crippen molar-refractivity contribution in [2.75, 3.05) is 6.54 Å². The third-order valence-electron chi connectivity index (χ3n) is 1.29. The summed E-state index contributed by atoms with van der Waals surface area (Å²) >= 11 is 0. The topological polar surface area (TPSA) is 69.9 Å². The summed E-state index contributed by atoms with van der Waals surface area (Å²) in [6, 6.07) is 0. The van der Waals surface area contributed by atoms with Crippen molar-refractivity contribution in [3.63, 3.8) is 0 Å². The van der Waals surface area contributed by atoms with Gasteiger partial charge >= 0.3 is 0 Å². The van der Waals surface area contributed by atoms with E-state index >= 15 is 0 Å². The van der Waals surface area contributed by atoms with E-state index in [2.05, 4.69) is 11.3 Å². The van der Waals surface area contributed by atoms with Crippen molar-refractivity contribution in [2.24, 2.45) is 11.5 Å². The Labute approximate surface area is 59.8 Å². The molecular weight excluding hydrogens is 128 g/mol. The van der Waals surface area contributed by atoms with E-state index in [9.17, 15) is 0 Å². The lowest BCUT2D eigenvalue weighted by molar-refractivity contribution is 0.487. The highest BCUT2D eigenvalue weighted by Gasteiger charge is 2.00. The fraction of sp³-hybridized carbons (Fsp3) is 0.500. The molecule has 0 saturated heterocycles. The number of nitrogens with zero attached hydrogens (tertiary/aromatic N) is 2.